The molecule has 1 fully saturated rings. The number of nitrogens with zero attached hydrogens (tertiary/aromatic N) is 2. The first-order chi connectivity index (χ1) is 10.8. The number of nitrogens with one attached hydrogen (secondary N) is 1. The van der Waals surface area contributed by atoms with Gasteiger partial charge in [-0.1, -0.05) is 26.7 Å². The largest absolute Gasteiger partial charge is 0.370 e. The molecule has 1 amide bonds. The van der Waals surface area contributed by atoms with E-state index in [0.29, 0.717) is 18.5 Å². The van der Waals surface area contributed by atoms with Crippen LogP contribution in [-0.2, 0) is 9.53 Å². The van der Waals surface area contributed by atoms with Gasteiger partial charge in [-0.3, -0.25) is 9.79 Å². The van der Waals surface area contributed by atoms with E-state index < -0.39 is 0 Å². The van der Waals surface area contributed by atoms with Crippen molar-refractivity contribution >= 4 is 35.8 Å². The van der Waals surface area contributed by atoms with E-state index in [2.05, 4.69) is 31.1 Å². The van der Waals surface area contributed by atoms with E-state index in [9.17, 15) is 4.79 Å². The van der Waals surface area contributed by atoms with Gasteiger partial charge in [0.1, 0.15) is 6.10 Å². The molecule has 1 saturated heterocycles. The molecule has 0 aromatic carbocycles. The average molecular weight is 454 g/mol. The van der Waals surface area contributed by atoms with Gasteiger partial charge in [-0.05, 0) is 32.1 Å². The Hall–Kier alpha value is -0.570. The fourth-order valence-electron chi connectivity index (χ4n) is 2.71. The van der Waals surface area contributed by atoms with Crippen molar-refractivity contribution in [1.29, 1.82) is 0 Å². The highest BCUT2D eigenvalue weighted by atomic mass is 127. The number of aliphatic imine (C=N–C) groups is 1. The topological polar surface area (TPSA) is 79.9 Å². The number of ether oxygens (including phenoxy) is 1. The summed E-state index contributed by atoms with van der Waals surface area (Å²) in [5.41, 5.74) is 5.94. The van der Waals surface area contributed by atoms with Crippen molar-refractivity contribution in [3.05, 3.63) is 0 Å². The number of carbonyl (C=O) groups excluding carboxylic acids is 1. The molecular weight excluding hydrogens is 419 g/mol. The Kier molecular flexibility index (Phi) is 11.6. The van der Waals surface area contributed by atoms with Crippen molar-refractivity contribution in [3.63, 3.8) is 0 Å². The fraction of sp³-hybridized carbons (Fsp3) is 0.882. The molecule has 0 radical (unpaired) electrons. The van der Waals surface area contributed by atoms with Crippen LogP contribution < -0.4 is 11.1 Å². The van der Waals surface area contributed by atoms with E-state index in [1.165, 1.54) is 12.8 Å². The van der Waals surface area contributed by atoms with Gasteiger partial charge >= 0.3 is 0 Å². The molecule has 0 saturated carbocycles. The standard InChI is InChI=1S/C17H34N4O2.HI/c1-12(2)7-6-8-13(3)20-17(18)19-11-14-9-10-15(23-14)16(22)21(4)5;/h12-15H,6-11H2,1-5H3,(H3,18,19,20);1H. The average Bonchev–Trinajstić information content (AvgIpc) is 2.92. The molecule has 0 aromatic heterocycles. The molecule has 0 aromatic rings. The van der Waals surface area contributed by atoms with Crippen LogP contribution in [0.4, 0.5) is 0 Å². The van der Waals surface area contributed by atoms with Crippen molar-refractivity contribution in [2.75, 3.05) is 20.6 Å². The molecule has 1 aliphatic rings. The minimum absolute atomic E-state index is 0. The van der Waals surface area contributed by atoms with Crippen LogP contribution in [0.25, 0.3) is 0 Å². The molecule has 3 N–H and O–H groups in total. The lowest BCUT2D eigenvalue weighted by molar-refractivity contribution is -0.140. The van der Waals surface area contributed by atoms with Gasteiger partial charge in [0.2, 0.25) is 0 Å². The summed E-state index contributed by atoms with van der Waals surface area (Å²) in [4.78, 5) is 17.8. The summed E-state index contributed by atoms with van der Waals surface area (Å²) >= 11 is 0. The number of hydrogen-bond acceptors (Lipinski definition) is 3. The highest BCUT2D eigenvalue weighted by molar-refractivity contribution is 14.0. The highest BCUT2D eigenvalue weighted by Crippen LogP contribution is 2.21. The predicted molar refractivity (Wildman–Crippen MR) is 110 cm³/mol. The molecule has 1 heterocycles. The number of amides is 1. The van der Waals surface area contributed by atoms with Crippen LogP contribution in [0.5, 0.6) is 0 Å². The van der Waals surface area contributed by atoms with Gasteiger partial charge in [0, 0.05) is 20.1 Å². The van der Waals surface area contributed by atoms with Crippen LogP contribution in [-0.4, -0.2) is 55.7 Å². The molecule has 0 spiro atoms. The van der Waals surface area contributed by atoms with Crippen LogP contribution >= 0.6 is 24.0 Å². The summed E-state index contributed by atoms with van der Waals surface area (Å²) in [5.74, 6) is 1.24. The lowest BCUT2D eigenvalue weighted by Gasteiger charge is -2.17. The summed E-state index contributed by atoms with van der Waals surface area (Å²) in [7, 11) is 3.50. The molecule has 1 rings (SSSR count). The van der Waals surface area contributed by atoms with Crippen LogP contribution in [0, 0.1) is 5.92 Å². The predicted octanol–water partition coefficient (Wildman–Crippen LogP) is 2.36. The Balaban J connectivity index is 0.00000529. The van der Waals surface area contributed by atoms with E-state index in [1.54, 1.807) is 19.0 Å². The number of hydrogen-bond donors (Lipinski definition) is 2. The molecule has 142 valence electrons. The number of halogens is 1. The van der Waals surface area contributed by atoms with E-state index >= 15 is 0 Å². The van der Waals surface area contributed by atoms with Crippen molar-refractivity contribution in [1.82, 2.24) is 10.2 Å². The maximum atomic E-state index is 11.9. The normalized spacial score (nSPS) is 22.2. The number of likely N-dealkylation sites (N-methyl/N-ethyl adjacent to an activating group) is 1. The minimum Gasteiger partial charge on any atom is -0.370 e. The maximum Gasteiger partial charge on any atom is 0.251 e. The third-order valence-electron chi connectivity index (χ3n) is 4.10. The monoisotopic (exact) mass is 454 g/mol. The molecule has 0 bridgehead atoms. The van der Waals surface area contributed by atoms with Crippen molar-refractivity contribution in [2.24, 2.45) is 16.6 Å². The zero-order chi connectivity index (χ0) is 17.4. The third-order valence-corrected chi connectivity index (χ3v) is 4.10. The minimum atomic E-state index is -0.325. The Labute approximate surface area is 164 Å². The van der Waals surface area contributed by atoms with Gasteiger partial charge < -0.3 is 20.7 Å². The van der Waals surface area contributed by atoms with Gasteiger partial charge in [0.25, 0.3) is 5.91 Å². The van der Waals surface area contributed by atoms with E-state index in [1.807, 2.05) is 0 Å². The third kappa shape index (κ3) is 9.05. The Morgan fingerprint density at radius 1 is 1.29 bits per heavy atom. The molecule has 3 atom stereocenters. The molecule has 6 nitrogen and oxygen atoms in total. The molecule has 3 unspecified atom stereocenters. The van der Waals surface area contributed by atoms with Crippen LogP contribution in [0.3, 0.4) is 0 Å². The molecule has 1 aliphatic heterocycles. The first-order valence-electron chi connectivity index (χ1n) is 8.72. The first-order valence-corrected chi connectivity index (χ1v) is 8.72. The summed E-state index contributed by atoms with van der Waals surface area (Å²) in [6.45, 7) is 7.11. The SMILES string of the molecule is CC(C)CCCC(C)NC(N)=NCC1CCC(C(=O)N(C)C)O1.I. The van der Waals surface area contributed by atoms with Crippen LogP contribution in [0.15, 0.2) is 4.99 Å². The van der Waals surface area contributed by atoms with Crippen molar-refractivity contribution in [3.8, 4) is 0 Å². The van der Waals surface area contributed by atoms with E-state index in [4.69, 9.17) is 10.5 Å². The summed E-state index contributed by atoms with van der Waals surface area (Å²) < 4.78 is 5.75. The highest BCUT2D eigenvalue weighted by Gasteiger charge is 2.31. The number of carbonyl (C=O) groups is 1. The Morgan fingerprint density at radius 2 is 1.96 bits per heavy atom. The van der Waals surface area contributed by atoms with Gasteiger partial charge in [-0.15, -0.1) is 24.0 Å². The van der Waals surface area contributed by atoms with Gasteiger partial charge in [0.05, 0.1) is 12.6 Å². The second kappa shape index (κ2) is 11.9. The van der Waals surface area contributed by atoms with Gasteiger partial charge in [0.15, 0.2) is 5.96 Å². The van der Waals surface area contributed by atoms with Gasteiger partial charge in [-0.2, -0.15) is 0 Å². The number of guanidine groups is 1. The zero-order valence-electron chi connectivity index (χ0n) is 15.7. The van der Waals surface area contributed by atoms with Gasteiger partial charge in [-0.25, -0.2) is 0 Å². The van der Waals surface area contributed by atoms with Crippen molar-refractivity contribution < 1.29 is 9.53 Å². The summed E-state index contributed by atoms with van der Waals surface area (Å²) in [5, 5.41) is 3.23. The number of rotatable bonds is 8. The summed E-state index contributed by atoms with van der Waals surface area (Å²) in [6.07, 6.45) is 4.80. The zero-order valence-corrected chi connectivity index (χ0v) is 18.1. The lowest BCUT2D eigenvalue weighted by atomic mass is 10.0. The second-order valence-corrected chi connectivity index (χ2v) is 7.15. The number of nitrogens with two attached hydrogens (primary N) is 1. The quantitative estimate of drug-likeness (QED) is 0.335. The molecule has 7 heteroatoms. The molecular formula is C17H35IN4O2. The second-order valence-electron chi connectivity index (χ2n) is 7.15. The maximum absolute atomic E-state index is 11.9. The lowest BCUT2D eigenvalue weighted by Crippen LogP contribution is -2.39. The summed E-state index contributed by atoms with van der Waals surface area (Å²) in [6, 6.07) is 0.324. The van der Waals surface area contributed by atoms with E-state index in [-0.39, 0.29) is 42.1 Å². The Bertz CT molecular complexity index is 402. The smallest absolute Gasteiger partial charge is 0.251 e. The Morgan fingerprint density at radius 3 is 2.54 bits per heavy atom. The fourth-order valence-corrected chi connectivity index (χ4v) is 2.71. The van der Waals surface area contributed by atoms with Crippen molar-refractivity contribution in [2.45, 2.75) is 71.1 Å². The molecule has 24 heavy (non-hydrogen) atoms. The first kappa shape index (κ1) is 23.4. The van der Waals surface area contributed by atoms with E-state index in [0.717, 1.165) is 25.2 Å². The van der Waals surface area contributed by atoms with Crippen LogP contribution in [0.2, 0.25) is 0 Å². The van der Waals surface area contributed by atoms with Crippen LogP contribution in [0.1, 0.15) is 52.9 Å². The molecule has 0 aliphatic carbocycles.